The Labute approximate surface area is 133 Å². The molecule has 116 valence electrons. The quantitative estimate of drug-likeness (QED) is 0.448. The lowest BCUT2D eigenvalue weighted by Gasteiger charge is -2.08. The molecule has 3 rings (SSSR count). The summed E-state index contributed by atoms with van der Waals surface area (Å²) in [6.45, 7) is 0. The number of rotatable bonds is 3. The van der Waals surface area contributed by atoms with E-state index in [4.69, 9.17) is 0 Å². The first-order valence-electron chi connectivity index (χ1n) is 6.74. The summed E-state index contributed by atoms with van der Waals surface area (Å²) >= 11 is 0. The first-order valence-corrected chi connectivity index (χ1v) is 7.97. The maximum Gasteiger partial charge on any atom is 0.172 e. The van der Waals surface area contributed by atoms with Gasteiger partial charge in [0, 0.05) is 36.4 Å². The van der Waals surface area contributed by atoms with Crippen LogP contribution in [0.3, 0.4) is 0 Å². The van der Waals surface area contributed by atoms with E-state index in [-0.39, 0.29) is 0 Å². The molecule has 0 aromatic heterocycles. The van der Waals surface area contributed by atoms with Crippen molar-refractivity contribution in [3.63, 3.8) is 0 Å². The predicted molar refractivity (Wildman–Crippen MR) is 81.3 cm³/mol. The van der Waals surface area contributed by atoms with Crippen LogP contribution in [0, 0.1) is 23.3 Å². The maximum absolute atomic E-state index is 13.6. The molecule has 0 aliphatic rings. The van der Waals surface area contributed by atoms with Crippen molar-refractivity contribution in [1.29, 1.82) is 0 Å². The summed E-state index contributed by atoms with van der Waals surface area (Å²) in [5, 5.41) is 0. The summed E-state index contributed by atoms with van der Waals surface area (Å²) in [7, 11) is -1.02. The monoisotopic (exact) mass is 335 g/mol. The third-order valence-electron chi connectivity index (χ3n) is 3.12. The molecule has 0 fully saturated rings. The van der Waals surface area contributed by atoms with Crippen molar-refractivity contribution in [3.8, 4) is 0 Å². The zero-order chi connectivity index (χ0) is 16.4. The highest BCUT2D eigenvalue weighted by atomic mass is 32.2. The van der Waals surface area contributed by atoms with Gasteiger partial charge in [0.05, 0.1) is 10.9 Å². The molecular weight excluding hydrogens is 324 g/mol. The maximum atomic E-state index is 13.6. The van der Waals surface area contributed by atoms with Crippen LogP contribution in [-0.2, 0) is 10.9 Å². The van der Waals surface area contributed by atoms with E-state index >= 15 is 0 Å². The Morgan fingerprint density at radius 3 is 1.26 bits per heavy atom. The molecule has 0 saturated carbocycles. The normalized spacial score (nSPS) is 11.0. The molecule has 3 aromatic carbocycles. The van der Waals surface area contributed by atoms with Crippen molar-refractivity contribution in [2.45, 2.75) is 14.7 Å². The van der Waals surface area contributed by atoms with E-state index in [1.54, 1.807) is 30.3 Å². The smallest absolute Gasteiger partial charge is 0.172 e. The van der Waals surface area contributed by atoms with E-state index in [1.807, 2.05) is 0 Å². The van der Waals surface area contributed by atoms with Crippen molar-refractivity contribution in [2.24, 2.45) is 0 Å². The second kappa shape index (κ2) is 6.46. The second-order valence-corrected chi connectivity index (χ2v) is 6.86. The van der Waals surface area contributed by atoms with Crippen LogP contribution in [0.5, 0.6) is 0 Å². The summed E-state index contributed by atoms with van der Waals surface area (Å²) < 4.78 is 54.4. The van der Waals surface area contributed by atoms with Gasteiger partial charge in [0.2, 0.25) is 0 Å². The molecule has 0 N–H and O–H groups in total. The van der Waals surface area contributed by atoms with E-state index in [1.165, 1.54) is 24.3 Å². The van der Waals surface area contributed by atoms with Gasteiger partial charge in [0.15, 0.2) is 14.7 Å². The molecule has 0 unspecified atom stereocenters. The summed E-state index contributed by atoms with van der Waals surface area (Å²) in [5.74, 6) is -2.92. The summed E-state index contributed by atoms with van der Waals surface area (Å²) in [6.07, 6.45) is 0. The largest absolute Gasteiger partial charge is 0.207 e. The highest BCUT2D eigenvalue weighted by Crippen LogP contribution is 2.32. The topological polar surface area (TPSA) is 0 Å². The Hall–Kier alpha value is -2.27. The molecule has 0 atom stereocenters. The van der Waals surface area contributed by atoms with Crippen LogP contribution < -0.4 is 0 Å². The Morgan fingerprint density at radius 1 is 0.478 bits per heavy atom. The molecule has 0 bridgehead atoms. The van der Waals surface area contributed by atoms with E-state index in [2.05, 4.69) is 0 Å². The van der Waals surface area contributed by atoms with Gasteiger partial charge in [0.1, 0.15) is 23.3 Å². The van der Waals surface area contributed by atoms with Gasteiger partial charge in [-0.05, 0) is 12.1 Å². The SMILES string of the molecule is Fc1cc(F)cc([S+](c2ccccc2)c2cc(F)cc(F)c2)c1. The summed E-state index contributed by atoms with van der Waals surface area (Å²) in [5.41, 5.74) is 0. The molecule has 0 aliphatic heterocycles. The minimum Gasteiger partial charge on any atom is -0.207 e. The number of benzene rings is 3. The zero-order valence-corrected chi connectivity index (χ0v) is 12.6. The molecule has 0 saturated heterocycles. The van der Waals surface area contributed by atoms with Crippen LogP contribution in [0.4, 0.5) is 17.6 Å². The lowest BCUT2D eigenvalue weighted by Crippen LogP contribution is -2.07. The van der Waals surface area contributed by atoms with Crippen LogP contribution in [0.2, 0.25) is 0 Å². The highest BCUT2D eigenvalue weighted by molar-refractivity contribution is 7.97. The van der Waals surface area contributed by atoms with E-state index < -0.39 is 34.2 Å². The van der Waals surface area contributed by atoms with Crippen LogP contribution in [0.25, 0.3) is 0 Å². The van der Waals surface area contributed by atoms with Crippen molar-refractivity contribution < 1.29 is 17.6 Å². The average Bonchev–Trinajstić information content (AvgIpc) is 2.46. The first-order chi connectivity index (χ1) is 11.0. The Bertz CT molecular complexity index is 742. The van der Waals surface area contributed by atoms with Crippen molar-refractivity contribution >= 4 is 10.9 Å². The summed E-state index contributed by atoms with van der Waals surface area (Å²) in [6, 6.07) is 15.1. The third-order valence-corrected chi connectivity index (χ3v) is 5.28. The fourth-order valence-corrected chi connectivity index (χ4v) is 4.43. The first kappa shape index (κ1) is 15.6. The standard InChI is InChI=1S/C18H11F4S/c19-12-6-13(20)9-17(8-12)23(16-4-2-1-3-5-16)18-10-14(21)7-15(22)11-18/h1-11H/q+1. The van der Waals surface area contributed by atoms with Crippen molar-refractivity contribution in [1.82, 2.24) is 0 Å². The number of halogens is 4. The minimum absolute atomic E-state index is 0.318. The highest BCUT2D eigenvalue weighted by Gasteiger charge is 2.30. The van der Waals surface area contributed by atoms with Crippen LogP contribution in [-0.4, -0.2) is 0 Å². The molecule has 0 spiro atoms. The molecule has 5 heteroatoms. The Morgan fingerprint density at radius 2 is 0.870 bits per heavy atom. The van der Waals surface area contributed by atoms with E-state index in [0.717, 1.165) is 12.1 Å². The van der Waals surface area contributed by atoms with Crippen LogP contribution >= 0.6 is 0 Å². The number of hydrogen-bond donors (Lipinski definition) is 0. The van der Waals surface area contributed by atoms with E-state index in [0.29, 0.717) is 14.7 Å². The number of hydrogen-bond acceptors (Lipinski definition) is 0. The Balaban J connectivity index is 2.22. The fourth-order valence-electron chi connectivity index (χ4n) is 2.26. The minimum atomic E-state index is -1.02. The van der Waals surface area contributed by atoms with Gasteiger partial charge in [0.25, 0.3) is 0 Å². The van der Waals surface area contributed by atoms with Gasteiger partial charge < -0.3 is 0 Å². The van der Waals surface area contributed by atoms with Gasteiger partial charge in [-0.15, -0.1) is 0 Å². The molecule has 0 aliphatic carbocycles. The van der Waals surface area contributed by atoms with Gasteiger partial charge >= 0.3 is 0 Å². The third kappa shape index (κ3) is 3.56. The van der Waals surface area contributed by atoms with Crippen molar-refractivity contribution in [3.05, 3.63) is 90.0 Å². The fraction of sp³-hybridized carbons (Fsp3) is 0. The molecule has 3 aromatic rings. The average molecular weight is 335 g/mol. The second-order valence-electron chi connectivity index (χ2n) is 4.83. The predicted octanol–water partition coefficient (Wildman–Crippen LogP) is 5.34. The lowest BCUT2D eigenvalue weighted by atomic mass is 10.3. The molecule has 0 amide bonds. The zero-order valence-electron chi connectivity index (χ0n) is 11.8. The molecule has 23 heavy (non-hydrogen) atoms. The molecule has 0 nitrogen and oxygen atoms in total. The lowest BCUT2D eigenvalue weighted by molar-refractivity contribution is 0.576. The van der Waals surface area contributed by atoms with Crippen molar-refractivity contribution in [2.75, 3.05) is 0 Å². The van der Waals surface area contributed by atoms with Gasteiger partial charge in [-0.25, -0.2) is 17.6 Å². The summed E-state index contributed by atoms with van der Waals surface area (Å²) in [4.78, 5) is 1.35. The van der Waals surface area contributed by atoms with Crippen LogP contribution in [0.1, 0.15) is 0 Å². The van der Waals surface area contributed by atoms with E-state index in [9.17, 15) is 17.6 Å². The van der Waals surface area contributed by atoms with Crippen LogP contribution in [0.15, 0.2) is 81.4 Å². The Kier molecular flexibility index (Phi) is 4.39. The molecule has 0 heterocycles. The molecule has 0 radical (unpaired) electrons. The van der Waals surface area contributed by atoms with Gasteiger partial charge in [-0.2, -0.15) is 0 Å². The van der Waals surface area contributed by atoms with Gasteiger partial charge in [-0.3, -0.25) is 0 Å². The van der Waals surface area contributed by atoms with Gasteiger partial charge in [-0.1, -0.05) is 18.2 Å². The molecular formula is C18H11F4S+.